The van der Waals surface area contributed by atoms with Crippen LogP contribution in [0.4, 0.5) is 0 Å². The lowest BCUT2D eigenvalue weighted by Gasteiger charge is -2.09. The van der Waals surface area contributed by atoms with Crippen molar-refractivity contribution in [2.24, 2.45) is 0 Å². The van der Waals surface area contributed by atoms with Crippen LogP contribution in [0.5, 0.6) is 0 Å². The third-order valence-electron chi connectivity index (χ3n) is 1.91. The Morgan fingerprint density at radius 2 is 2.13 bits per heavy atom. The molecule has 0 radical (unpaired) electrons. The number of ether oxygens (including phenoxy) is 1. The topological polar surface area (TPSA) is 49.8 Å². The fourth-order valence-corrected chi connectivity index (χ4v) is 0.928. The van der Waals surface area contributed by atoms with Crippen molar-refractivity contribution in [1.29, 1.82) is 0 Å². The van der Waals surface area contributed by atoms with Gasteiger partial charge in [0.1, 0.15) is 6.61 Å². The van der Waals surface area contributed by atoms with Crippen molar-refractivity contribution in [3.05, 3.63) is 11.6 Å². The summed E-state index contributed by atoms with van der Waals surface area (Å²) in [6.07, 6.45) is 3.20. The van der Waals surface area contributed by atoms with Crippen LogP contribution < -0.4 is 0 Å². The average Bonchev–Trinajstić information content (AvgIpc) is 2.17. The molecule has 0 atom stereocenters. The number of unbranched alkanes of at least 4 members (excludes halogenated alkanes) is 1. The first-order valence-electron chi connectivity index (χ1n) is 5.17. The maximum absolute atomic E-state index is 11.3. The lowest BCUT2D eigenvalue weighted by Crippen LogP contribution is -2.20. The SMILES string of the molecule is CC(=CCCCO)C(=O)OCCN(C)C. The van der Waals surface area contributed by atoms with E-state index in [2.05, 4.69) is 0 Å². The Morgan fingerprint density at radius 3 is 2.67 bits per heavy atom. The minimum atomic E-state index is -0.269. The number of carbonyl (C=O) groups excluding carboxylic acids is 1. The van der Waals surface area contributed by atoms with Crippen molar-refractivity contribution < 1.29 is 14.6 Å². The number of hydrogen-bond donors (Lipinski definition) is 1. The molecule has 0 amide bonds. The smallest absolute Gasteiger partial charge is 0.333 e. The Balaban J connectivity index is 3.73. The molecule has 0 unspecified atom stereocenters. The van der Waals surface area contributed by atoms with Crippen molar-refractivity contribution in [2.75, 3.05) is 33.9 Å². The van der Waals surface area contributed by atoms with Crippen LogP contribution in [-0.4, -0.2) is 49.8 Å². The third kappa shape index (κ3) is 8.15. The average molecular weight is 215 g/mol. The third-order valence-corrected chi connectivity index (χ3v) is 1.91. The first kappa shape index (κ1) is 14.1. The largest absolute Gasteiger partial charge is 0.461 e. The van der Waals surface area contributed by atoms with E-state index in [1.807, 2.05) is 19.0 Å². The number of hydrogen-bond acceptors (Lipinski definition) is 4. The van der Waals surface area contributed by atoms with Crippen molar-refractivity contribution in [3.8, 4) is 0 Å². The molecular formula is C11H21NO3. The van der Waals surface area contributed by atoms with Gasteiger partial charge >= 0.3 is 5.97 Å². The van der Waals surface area contributed by atoms with Gasteiger partial charge in [0.15, 0.2) is 0 Å². The van der Waals surface area contributed by atoms with Gasteiger partial charge in [0.05, 0.1) is 0 Å². The molecule has 15 heavy (non-hydrogen) atoms. The maximum atomic E-state index is 11.3. The number of rotatable bonds is 7. The number of nitrogens with zero attached hydrogens (tertiary/aromatic N) is 1. The molecule has 0 heterocycles. The summed E-state index contributed by atoms with van der Waals surface area (Å²) in [5.41, 5.74) is 0.613. The summed E-state index contributed by atoms with van der Waals surface area (Å²) >= 11 is 0. The summed E-state index contributed by atoms with van der Waals surface area (Å²) in [4.78, 5) is 13.3. The molecule has 4 heteroatoms. The highest BCUT2D eigenvalue weighted by molar-refractivity contribution is 5.87. The molecule has 0 aromatic rings. The number of esters is 1. The fourth-order valence-electron chi connectivity index (χ4n) is 0.928. The van der Waals surface area contributed by atoms with Crippen LogP contribution in [0.2, 0.25) is 0 Å². The second-order valence-corrected chi connectivity index (χ2v) is 3.69. The van der Waals surface area contributed by atoms with Crippen LogP contribution >= 0.6 is 0 Å². The monoisotopic (exact) mass is 215 g/mol. The van der Waals surface area contributed by atoms with E-state index in [4.69, 9.17) is 9.84 Å². The van der Waals surface area contributed by atoms with Gasteiger partial charge in [-0.3, -0.25) is 0 Å². The zero-order valence-corrected chi connectivity index (χ0v) is 9.82. The molecule has 0 aliphatic heterocycles. The lowest BCUT2D eigenvalue weighted by molar-refractivity contribution is -0.139. The van der Waals surface area contributed by atoms with E-state index in [1.165, 1.54) is 0 Å². The second-order valence-electron chi connectivity index (χ2n) is 3.69. The molecule has 88 valence electrons. The van der Waals surface area contributed by atoms with Crippen LogP contribution in [0, 0.1) is 0 Å². The summed E-state index contributed by atoms with van der Waals surface area (Å²) in [6.45, 7) is 3.03. The molecule has 0 fully saturated rings. The van der Waals surface area contributed by atoms with Crippen LogP contribution in [0.25, 0.3) is 0 Å². The van der Waals surface area contributed by atoms with Crippen molar-refractivity contribution in [3.63, 3.8) is 0 Å². The van der Waals surface area contributed by atoms with Gasteiger partial charge in [-0.2, -0.15) is 0 Å². The molecule has 0 aromatic heterocycles. The van der Waals surface area contributed by atoms with E-state index < -0.39 is 0 Å². The van der Waals surface area contributed by atoms with Gasteiger partial charge in [-0.15, -0.1) is 0 Å². The Morgan fingerprint density at radius 1 is 1.47 bits per heavy atom. The van der Waals surface area contributed by atoms with Crippen molar-refractivity contribution in [2.45, 2.75) is 19.8 Å². The Kier molecular flexibility index (Phi) is 7.95. The normalized spacial score (nSPS) is 11.9. The van der Waals surface area contributed by atoms with E-state index in [0.29, 0.717) is 25.0 Å². The standard InChI is InChI=1S/C11H21NO3/c1-10(6-4-5-8-13)11(14)15-9-7-12(2)3/h6,13H,4-5,7-9H2,1-3H3. The van der Waals surface area contributed by atoms with E-state index in [-0.39, 0.29) is 12.6 Å². The zero-order valence-electron chi connectivity index (χ0n) is 9.82. The number of allylic oxidation sites excluding steroid dienone is 1. The highest BCUT2D eigenvalue weighted by Crippen LogP contribution is 2.00. The maximum Gasteiger partial charge on any atom is 0.333 e. The van der Waals surface area contributed by atoms with Crippen molar-refractivity contribution in [1.82, 2.24) is 4.90 Å². The highest BCUT2D eigenvalue weighted by atomic mass is 16.5. The summed E-state index contributed by atoms with van der Waals surface area (Å²) < 4.78 is 5.03. The molecule has 0 spiro atoms. The first-order valence-corrected chi connectivity index (χ1v) is 5.17. The van der Waals surface area contributed by atoms with E-state index in [1.54, 1.807) is 13.0 Å². The predicted octanol–water partition coefficient (Wildman–Crippen LogP) is 0.810. The first-order chi connectivity index (χ1) is 7.07. The molecule has 0 aliphatic carbocycles. The molecule has 0 saturated heterocycles. The van der Waals surface area contributed by atoms with Crippen LogP contribution in [0.15, 0.2) is 11.6 Å². The molecule has 4 nitrogen and oxygen atoms in total. The quantitative estimate of drug-likeness (QED) is 0.388. The van der Waals surface area contributed by atoms with Gasteiger partial charge < -0.3 is 14.7 Å². The molecule has 0 aliphatic rings. The predicted molar refractivity (Wildman–Crippen MR) is 59.6 cm³/mol. The molecule has 0 aromatic carbocycles. The van der Waals surface area contributed by atoms with Crippen LogP contribution in [0.1, 0.15) is 19.8 Å². The van der Waals surface area contributed by atoms with Crippen LogP contribution in [-0.2, 0) is 9.53 Å². The number of carbonyl (C=O) groups is 1. The van der Waals surface area contributed by atoms with E-state index in [9.17, 15) is 4.79 Å². The van der Waals surface area contributed by atoms with Gasteiger partial charge in [-0.1, -0.05) is 6.08 Å². The van der Waals surface area contributed by atoms with Crippen LogP contribution in [0.3, 0.4) is 0 Å². The fraction of sp³-hybridized carbons (Fsp3) is 0.727. The zero-order chi connectivity index (χ0) is 11.7. The molecule has 0 rings (SSSR count). The molecule has 1 N–H and O–H groups in total. The summed E-state index contributed by atoms with van der Waals surface area (Å²) in [5.74, 6) is -0.269. The summed E-state index contributed by atoms with van der Waals surface area (Å²) in [5, 5.41) is 8.57. The number of likely N-dealkylation sites (N-methyl/N-ethyl adjacent to an activating group) is 1. The van der Waals surface area contributed by atoms with Gasteiger partial charge in [-0.05, 0) is 33.9 Å². The van der Waals surface area contributed by atoms with Gasteiger partial charge in [-0.25, -0.2) is 4.79 Å². The lowest BCUT2D eigenvalue weighted by atomic mass is 10.2. The number of aliphatic hydroxyl groups excluding tert-OH is 1. The Bertz CT molecular complexity index is 212. The highest BCUT2D eigenvalue weighted by Gasteiger charge is 2.04. The van der Waals surface area contributed by atoms with Crippen molar-refractivity contribution >= 4 is 5.97 Å². The molecule has 0 saturated carbocycles. The van der Waals surface area contributed by atoms with Gasteiger partial charge in [0, 0.05) is 18.7 Å². The van der Waals surface area contributed by atoms with Gasteiger partial charge in [0.25, 0.3) is 0 Å². The van der Waals surface area contributed by atoms with E-state index >= 15 is 0 Å². The Hall–Kier alpha value is -0.870. The second kappa shape index (κ2) is 8.44. The van der Waals surface area contributed by atoms with Gasteiger partial charge in [0.2, 0.25) is 0 Å². The number of aliphatic hydroxyl groups is 1. The molecule has 0 bridgehead atoms. The Labute approximate surface area is 91.5 Å². The summed E-state index contributed by atoms with van der Waals surface area (Å²) in [6, 6.07) is 0. The molecular weight excluding hydrogens is 194 g/mol. The minimum absolute atomic E-state index is 0.152. The van der Waals surface area contributed by atoms with E-state index in [0.717, 1.165) is 6.54 Å². The minimum Gasteiger partial charge on any atom is -0.461 e. The summed E-state index contributed by atoms with van der Waals surface area (Å²) in [7, 11) is 3.86.